The van der Waals surface area contributed by atoms with Crippen molar-refractivity contribution in [3.05, 3.63) is 107 Å². The first-order chi connectivity index (χ1) is 22.9. The van der Waals surface area contributed by atoms with Crippen LogP contribution in [0.1, 0.15) is 58.9 Å². The van der Waals surface area contributed by atoms with Crippen LogP contribution in [-0.2, 0) is 22.7 Å². The largest absolute Gasteiger partial charge is 0.379 e. The van der Waals surface area contributed by atoms with Crippen LogP contribution in [0.3, 0.4) is 0 Å². The molecule has 3 amide bonds. The molecule has 2 atom stereocenters. The van der Waals surface area contributed by atoms with E-state index in [9.17, 15) is 18.8 Å². The zero-order valence-corrected chi connectivity index (χ0v) is 25.4. The Labute approximate surface area is 269 Å². The topological polar surface area (TPSA) is 125 Å². The molecule has 47 heavy (non-hydrogen) atoms. The zero-order valence-electron chi connectivity index (χ0n) is 25.4. The molecule has 0 bridgehead atoms. The Morgan fingerprint density at radius 1 is 0.936 bits per heavy atom. The number of fused-ring (bicyclic) bond motifs is 2. The van der Waals surface area contributed by atoms with Crippen LogP contribution in [0.2, 0.25) is 0 Å². The average molecular weight is 631 g/mol. The van der Waals surface area contributed by atoms with Crippen molar-refractivity contribution in [2.75, 3.05) is 16.8 Å². The minimum Gasteiger partial charge on any atom is -0.379 e. The summed E-state index contributed by atoms with van der Waals surface area (Å²) >= 11 is 0. The maximum Gasteiger partial charge on any atom is 0.255 e. The normalized spacial score (nSPS) is 19.4. The van der Waals surface area contributed by atoms with E-state index >= 15 is 0 Å². The third-order valence-electron chi connectivity index (χ3n) is 9.20. The molecule has 3 aliphatic heterocycles. The van der Waals surface area contributed by atoms with Gasteiger partial charge in [-0.3, -0.25) is 19.7 Å². The minimum atomic E-state index is -0.647. The Balaban J connectivity index is 0.990. The first-order valence-electron chi connectivity index (χ1n) is 15.8. The van der Waals surface area contributed by atoms with Crippen LogP contribution in [-0.4, -0.2) is 54.8 Å². The van der Waals surface area contributed by atoms with Crippen molar-refractivity contribution in [3.63, 3.8) is 0 Å². The zero-order chi connectivity index (χ0) is 32.1. The van der Waals surface area contributed by atoms with Crippen LogP contribution in [0, 0.1) is 5.82 Å². The van der Waals surface area contributed by atoms with Gasteiger partial charge in [0.1, 0.15) is 23.4 Å². The molecule has 8 rings (SSSR count). The van der Waals surface area contributed by atoms with Gasteiger partial charge in [0, 0.05) is 30.8 Å². The summed E-state index contributed by atoms with van der Waals surface area (Å²) in [6.07, 6.45) is 4.24. The summed E-state index contributed by atoms with van der Waals surface area (Å²) in [5.74, 6) is -0.368. The second-order valence-electron chi connectivity index (χ2n) is 12.2. The quantitative estimate of drug-likeness (QED) is 0.249. The molecule has 6 heterocycles. The summed E-state index contributed by atoms with van der Waals surface area (Å²) in [4.78, 5) is 50.2. The van der Waals surface area contributed by atoms with Gasteiger partial charge in [-0.1, -0.05) is 18.2 Å². The van der Waals surface area contributed by atoms with Crippen LogP contribution in [0.15, 0.2) is 79.0 Å². The van der Waals surface area contributed by atoms with Gasteiger partial charge in [0.2, 0.25) is 11.8 Å². The molecular formula is C35H31FN8O3. The molecule has 1 unspecified atom stereocenters. The lowest BCUT2D eigenvalue weighted by Gasteiger charge is -2.29. The van der Waals surface area contributed by atoms with Crippen molar-refractivity contribution >= 4 is 34.9 Å². The van der Waals surface area contributed by atoms with Gasteiger partial charge in [0.05, 0.1) is 30.2 Å². The summed E-state index contributed by atoms with van der Waals surface area (Å²) in [6.45, 7) is 1.58. The fourth-order valence-corrected chi connectivity index (χ4v) is 6.89. The van der Waals surface area contributed by atoms with E-state index in [4.69, 9.17) is 10.1 Å². The number of imidazole rings is 1. The standard InChI is InChI=1S/C35H31FN8O3/c36-23-5-1-4-21(16-23)28-8-3-15-42(28)32-13-12-31-38-19-30(44(31)41-32)27-7-2-6-25(39-27)18-37-24-9-10-26-22(17-24)20-43(35(26)47)29-11-14-33(45)40-34(29)46/h1-2,4-7,9-10,12-13,16-17,19,28-29,37H,3,8,11,14-15,18,20H2,(H,40,45,46)/t28-,29?/m1/s1. The van der Waals surface area contributed by atoms with Crippen LogP contribution in [0.5, 0.6) is 0 Å². The molecule has 2 aromatic carbocycles. The number of rotatable bonds is 7. The molecular weight excluding hydrogens is 599 g/mol. The number of carbonyl (C=O) groups excluding carboxylic acids is 3. The fourth-order valence-electron chi connectivity index (χ4n) is 6.89. The number of hydrogen-bond acceptors (Lipinski definition) is 8. The summed E-state index contributed by atoms with van der Waals surface area (Å²) in [7, 11) is 0. The van der Waals surface area contributed by atoms with E-state index < -0.39 is 11.9 Å². The van der Waals surface area contributed by atoms with Gasteiger partial charge >= 0.3 is 0 Å². The molecule has 3 aromatic heterocycles. The number of nitrogens with zero attached hydrogens (tertiary/aromatic N) is 6. The molecule has 0 radical (unpaired) electrons. The molecule has 2 saturated heterocycles. The Hall–Kier alpha value is -5.65. The predicted molar refractivity (Wildman–Crippen MR) is 172 cm³/mol. The van der Waals surface area contributed by atoms with Crippen molar-refractivity contribution in [1.29, 1.82) is 0 Å². The van der Waals surface area contributed by atoms with Crippen LogP contribution in [0.4, 0.5) is 15.9 Å². The number of hydrogen-bond donors (Lipinski definition) is 2. The highest BCUT2D eigenvalue weighted by Gasteiger charge is 2.39. The minimum absolute atomic E-state index is 0.0491. The molecule has 0 saturated carbocycles. The lowest BCUT2D eigenvalue weighted by atomic mass is 10.0. The Bertz CT molecular complexity index is 2060. The molecule has 0 spiro atoms. The van der Waals surface area contributed by atoms with E-state index in [1.165, 1.54) is 6.07 Å². The summed E-state index contributed by atoms with van der Waals surface area (Å²) in [6, 6.07) is 21.5. The Morgan fingerprint density at radius 2 is 1.83 bits per heavy atom. The second kappa shape index (κ2) is 11.6. The molecule has 236 valence electrons. The number of carbonyl (C=O) groups is 3. The van der Waals surface area contributed by atoms with Crippen LogP contribution in [0.25, 0.3) is 17.0 Å². The predicted octanol–water partition coefficient (Wildman–Crippen LogP) is 4.65. The highest BCUT2D eigenvalue weighted by atomic mass is 19.1. The first kappa shape index (κ1) is 28.8. The van der Waals surface area contributed by atoms with Gasteiger partial charge in [0.25, 0.3) is 5.91 Å². The maximum atomic E-state index is 14.0. The first-order valence-corrected chi connectivity index (χ1v) is 15.8. The van der Waals surface area contributed by atoms with Crippen molar-refractivity contribution in [2.45, 2.75) is 50.9 Å². The van der Waals surface area contributed by atoms with E-state index in [1.54, 1.807) is 29.3 Å². The Kier molecular flexibility index (Phi) is 7.12. The van der Waals surface area contributed by atoms with Crippen LogP contribution >= 0.6 is 0 Å². The molecule has 3 aliphatic rings. The average Bonchev–Trinajstić information content (AvgIpc) is 3.81. The molecule has 2 fully saturated rings. The SMILES string of the molecule is O=C1CCC(N2Cc3cc(NCc4cccc(-c5cnc6ccc(N7CCC[C@@H]7c7cccc(F)c7)nn56)n4)ccc3C2=O)C(=O)N1. The van der Waals surface area contributed by atoms with Gasteiger partial charge in [0.15, 0.2) is 5.65 Å². The number of piperidine rings is 1. The number of aromatic nitrogens is 4. The van der Waals surface area contributed by atoms with E-state index in [-0.39, 0.29) is 30.1 Å². The summed E-state index contributed by atoms with van der Waals surface area (Å²) in [5, 5.41) is 10.7. The van der Waals surface area contributed by atoms with Crippen molar-refractivity contribution < 1.29 is 18.8 Å². The third kappa shape index (κ3) is 5.35. The number of imide groups is 1. The molecule has 11 nitrogen and oxygen atoms in total. The van der Waals surface area contributed by atoms with Crippen molar-refractivity contribution in [2.24, 2.45) is 0 Å². The van der Waals surface area contributed by atoms with Crippen LogP contribution < -0.4 is 15.5 Å². The molecule has 2 N–H and O–H groups in total. The molecule has 12 heteroatoms. The van der Waals surface area contributed by atoms with E-state index in [0.29, 0.717) is 30.7 Å². The number of amides is 3. The molecule has 5 aromatic rings. The van der Waals surface area contributed by atoms with Crippen molar-refractivity contribution in [1.82, 2.24) is 29.8 Å². The van der Waals surface area contributed by atoms with E-state index in [0.717, 1.165) is 59.1 Å². The van der Waals surface area contributed by atoms with Gasteiger partial charge in [-0.15, -0.1) is 5.10 Å². The molecule has 0 aliphatic carbocycles. The number of benzene rings is 2. The summed E-state index contributed by atoms with van der Waals surface area (Å²) in [5.41, 5.74) is 6.16. The van der Waals surface area contributed by atoms with E-state index in [1.807, 2.05) is 53.0 Å². The smallest absolute Gasteiger partial charge is 0.255 e. The van der Waals surface area contributed by atoms with Crippen molar-refractivity contribution in [3.8, 4) is 11.4 Å². The lowest BCUT2D eigenvalue weighted by molar-refractivity contribution is -0.136. The lowest BCUT2D eigenvalue weighted by Crippen LogP contribution is -2.52. The van der Waals surface area contributed by atoms with E-state index in [2.05, 4.69) is 20.5 Å². The van der Waals surface area contributed by atoms with Gasteiger partial charge < -0.3 is 15.1 Å². The fraction of sp³-hybridized carbons (Fsp3) is 0.257. The summed E-state index contributed by atoms with van der Waals surface area (Å²) < 4.78 is 15.8. The monoisotopic (exact) mass is 630 g/mol. The highest BCUT2D eigenvalue weighted by Crippen LogP contribution is 2.36. The highest BCUT2D eigenvalue weighted by molar-refractivity contribution is 6.05. The number of nitrogens with one attached hydrogen (secondary N) is 2. The van der Waals surface area contributed by atoms with Gasteiger partial charge in [-0.05, 0) is 85.0 Å². The number of halogens is 1. The maximum absolute atomic E-state index is 14.0. The third-order valence-corrected chi connectivity index (χ3v) is 9.20. The second-order valence-corrected chi connectivity index (χ2v) is 12.2. The van der Waals surface area contributed by atoms with Gasteiger partial charge in [-0.2, -0.15) is 0 Å². The number of anilines is 2. The Morgan fingerprint density at radius 3 is 2.70 bits per heavy atom. The number of pyridine rings is 1. The van der Waals surface area contributed by atoms with Gasteiger partial charge in [-0.25, -0.2) is 18.9 Å².